The Labute approximate surface area is 172 Å². The molecule has 9 heteroatoms. The van der Waals surface area contributed by atoms with Gasteiger partial charge < -0.3 is 9.53 Å². The highest BCUT2D eigenvalue weighted by atomic mass is 19.1. The zero-order valence-electron chi connectivity index (χ0n) is 16.4. The lowest BCUT2D eigenvalue weighted by Gasteiger charge is -2.15. The molecule has 1 fully saturated rings. The van der Waals surface area contributed by atoms with Crippen LogP contribution in [0.1, 0.15) is 25.5 Å². The van der Waals surface area contributed by atoms with Crippen molar-refractivity contribution < 1.29 is 23.6 Å². The van der Waals surface area contributed by atoms with E-state index < -0.39 is 11.9 Å². The summed E-state index contributed by atoms with van der Waals surface area (Å²) in [4.78, 5) is 38.4. The van der Waals surface area contributed by atoms with E-state index in [2.05, 4.69) is 15.5 Å². The number of amides is 1. The number of hydrogen-bond acceptors (Lipinski definition) is 7. The molecule has 0 radical (unpaired) electrons. The van der Waals surface area contributed by atoms with Gasteiger partial charge in [-0.05, 0) is 37.6 Å². The fourth-order valence-corrected chi connectivity index (χ4v) is 3.33. The Hall–Kier alpha value is -3.33. The molecule has 8 nitrogen and oxygen atoms in total. The normalized spacial score (nSPS) is 18.6. The van der Waals surface area contributed by atoms with Gasteiger partial charge in [0, 0.05) is 23.7 Å². The average molecular weight is 412 g/mol. The Morgan fingerprint density at radius 1 is 1.33 bits per heavy atom. The van der Waals surface area contributed by atoms with E-state index in [0.717, 1.165) is 0 Å². The van der Waals surface area contributed by atoms with Gasteiger partial charge in [0.2, 0.25) is 0 Å². The molecule has 1 aromatic carbocycles. The molecule has 1 atom stereocenters. The van der Waals surface area contributed by atoms with E-state index in [1.54, 1.807) is 30.5 Å². The average Bonchev–Trinajstić information content (AvgIpc) is 3.13. The Bertz CT molecular complexity index is 993. The third-order valence-electron chi connectivity index (χ3n) is 4.91. The quantitative estimate of drug-likeness (QED) is 0.784. The lowest BCUT2D eigenvalue weighted by Crippen LogP contribution is -2.31. The predicted octanol–water partition coefficient (Wildman–Crippen LogP) is 2.86. The van der Waals surface area contributed by atoms with Gasteiger partial charge in [0.05, 0.1) is 25.4 Å². The summed E-state index contributed by atoms with van der Waals surface area (Å²) in [6, 6.07) is 8.07. The van der Waals surface area contributed by atoms with Gasteiger partial charge in [0.1, 0.15) is 23.4 Å². The lowest BCUT2D eigenvalue weighted by atomic mass is 10.1. The number of nitrogens with one attached hydrogen (secondary N) is 1. The van der Waals surface area contributed by atoms with E-state index in [1.807, 2.05) is 0 Å². The number of ketones is 1. The molecule has 0 bridgehead atoms. The molecular weight excluding hydrogens is 391 g/mol. The summed E-state index contributed by atoms with van der Waals surface area (Å²) in [5.74, 6) is 0.104. The fraction of sp³-hybridized carbons (Fsp3) is 0.333. The van der Waals surface area contributed by atoms with Gasteiger partial charge in [-0.1, -0.05) is 6.07 Å². The summed E-state index contributed by atoms with van der Waals surface area (Å²) in [7, 11) is 0. The van der Waals surface area contributed by atoms with Crippen molar-refractivity contribution >= 4 is 23.4 Å². The number of aliphatic imine (C=N–C) groups is 1. The highest BCUT2D eigenvalue weighted by Crippen LogP contribution is 2.29. The van der Waals surface area contributed by atoms with E-state index in [0.29, 0.717) is 60.9 Å². The Balaban J connectivity index is 1.49. The van der Waals surface area contributed by atoms with E-state index in [9.17, 15) is 14.0 Å². The van der Waals surface area contributed by atoms with Crippen LogP contribution < -0.4 is 10.4 Å². The van der Waals surface area contributed by atoms with Crippen molar-refractivity contribution in [1.29, 1.82) is 0 Å². The molecule has 0 spiro atoms. The lowest BCUT2D eigenvalue weighted by molar-refractivity contribution is -0.117. The number of amidine groups is 1. The monoisotopic (exact) mass is 412 g/mol. The summed E-state index contributed by atoms with van der Waals surface area (Å²) >= 11 is 0. The van der Waals surface area contributed by atoms with Crippen LogP contribution in [0.15, 0.2) is 41.5 Å². The highest BCUT2D eigenvalue weighted by molar-refractivity contribution is 5.96. The van der Waals surface area contributed by atoms with Crippen LogP contribution in [0.2, 0.25) is 0 Å². The van der Waals surface area contributed by atoms with Crippen LogP contribution in [-0.4, -0.2) is 48.5 Å². The summed E-state index contributed by atoms with van der Waals surface area (Å²) < 4.78 is 20.1. The molecule has 1 saturated heterocycles. The number of hydroxylamine groups is 1. The first-order chi connectivity index (χ1) is 14.5. The minimum Gasteiger partial charge on any atom is -0.444 e. The molecule has 1 aromatic heterocycles. The number of benzene rings is 1. The number of ether oxygens (including phenoxy) is 1. The van der Waals surface area contributed by atoms with Crippen LogP contribution in [0, 0.1) is 5.82 Å². The number of carbonyl (C=O) groups is 2. The van der Waals surface area contributed by atoms with Gasteiger partial charge in [-0.3, -0.25) is 19.7 Å². The van der Waals surface area contributed by atoms with Crippen molar-refractivity contribution in [2.75, 3.05) is 24.6 Å². The molecule has 4 rings (SSSR count). The molecule has 30 heavy (non-hydrogen) atoms. The Morgan fingerprint density at radius 3 is 2.87 bits per heavy atom. The van der Waals surface area contributed by atoms with Crippen molar-refractivity contribution in [1.82, 2.24) is 10.5 Å². The van der Waals surface area contributed by atoms with Crippen molar-refractivity contribution in [3.63, 3.8) is 0 Å². The molecular formula is C21H21FN4O4. The zero-order chi connectivity index (χ0) is 21.1. The molecule has 0 aliphatic carbocycles. The molecule has 2 aliphatic heterocycles. The van der Waals surface area contributed by atoms with Crippen LogP contribution in [0.5, 0.6) is 0 Å². The van der Waals surface area contributed by atoms with Crippen molar-refractivity contribution in [3.8, 4) is 11.1 Å². The maximum absolute atomic E-state index is 14.8. The maximum atomic E-state index is 14.8. The van der Waals surface area contributed by atoms with Crippen LogP contribution in [-0.2, 0) is 14.4 Å². The summed E-state index contributed by atoms with van der Waals surface area (Å²) in [6.45, 7) is 2.84. The highest BCUT2D eigenvalue weighted by Gasteiger charge is 2.32. The minimum atomic E-state index is -0.537. The van der Waals surface area contributed by atoms with Gasteiger partial charge in [0.15, 0.2) is 5.84 Å². The summed E-state index contributed by atoms with van der Waals surface area (Å²) in [5, 5.41) is 0. The molecule has 2 aromatic rings. The smallest absolute Gasteiger partial charge is 0.414 e. The number of halogens is 1. The second-order valence-corrected chi connectivity index (χ2v) is 7.13. The number of aromatic nitrogens is 1. The van der Waals surface area contributed by atoms with Crippen LogP contribution in [0.3, 0.4) is 0 Å². The second-order valence-electron chi connectivity index (χ2n) is 7.13. The van der Waals surface area contributed by atoms with Crippen molar-refractivity contribution in [2.24, 2.45) is 4.99 Å². The molecule has 3 heterocycles. The standard InChI is InChI=1S/C21H21FN4O4/c1-13(27)2-5-16-12-26(21(28)30-16)15-4-6-17(18(22)10-15)14-3-7-19(24-11-14)20-23-8-9-29-25-20/h3-4,6-7,10-11,16H,2,5,8-9,12H2,1H3,(H,23,25)/t16-/m0/s1. The third-order valence-corrected chi connectivity index (χ3v) is 4.91. The van der Waals surface area contributed by atoms with Crippen LogP contribution in [0.4, 0.5) is 14.9 Å². The van der Waals surface area contributed by atoms with Gasteiger partial charge in [-0.25, -0.2) is 14.7 Å². The molecule has 0 saturated carbocycles. The van der Waals surface area contributed by atoms with Crippen LogP contribution >= 0.6 is 0 Å². The fourth-order valence-electron chi connectivity index (χ4n) is 3.33. The Kier molecular flexibility index (Phi) is 5.71. The summed E-state index contributed by atoms with van der Waals surface area (Å²) in [6.07, 6.45) is 1.46. The third kappa shape index (κ3) is 4.30. The molecule has 2 aliphatic rings. The van der Waals surface area contributed by atoms with E-state index in [4.69, 9.17) is 9.57 Å². The molecule has 156 valence electrons. The van der Waals surface area contributed by atoms with Crippen molar-refractivity contribution in [3.05, 3.63) is 48.0 Å². The van der Waals surface area contributed by atoms with E-state index >= 15 is 0 Å². The number of anilines is 1. The van der Waals surface area contributed by atoms with Gasteiger partial charge in [-0.2, -0.15) is 0 Å². The van der Waals surface area contributed by atoms with Gasteiger partial charge in [-0.15, -0.1) is 0 Å². The first-order valence-electron chi connectivity index (χ1n) is 9.67. The SMILES string of the molecule is CC(=O)CC[C@H]1CN(c2ccc(-c3ccc(C4=NCCON4)nc3)c(F)c2)C(=O)O1. The largest absolute Gasteiger partial charge is 0.444 e. The number of nitrogens with zero attached hydrogens (tertiary/aromatic N) is 3. The number of Topliss-reactive ketones (excluding diaryl/α,β-unsaturated/α-hetero) is 1. The van der Waals surface area contributed by atoms with Crippen LogP contribution in [0.25, 0.3) is 11.1 Å². The minimum absolute atomic E-state index is 0.0402. The Morgan fingerprint density at radius 2 is 2.20 bits per heavy atom. The molecule has 0 unspecified atom stereocenters. The molecule has 1 N–H and O–H groups in total. The molecule has 1 amide bonds. The number of cyclic esters (lactones) is 1. The van der Waals surface area contributed by atoms with E-state index in [1.165, 1.54) is 17.9 Å². The number of pyridine rings is 1. The maximum Gasteiger partial charge on any atom is 0.414 e. The van der Waals surface area contributed by atoms with E-state index in [-0.39, 0.29) is 11.9 Å². The summed E-state index contributed by atoms with van der Waals surface area (Å²) in [5.41, 5.74) is 4.70. The topological polar surface area (TPSA) is 93.1 Å². The predicted molar refractivity (Wildman–Crippen MR) is 108 cm³/mol. The first-order valence-corrected chi connectivity index (χ1v) is 9.67. The number of carbonyl (C=O) groups excluding carboxylic acids is 2. The van der Waals surface area contributed by atoms with Gasteiger partial charge in [0.25, 0.3) is 0 Å². The van der Waals surface area contributed by atoms with Gasteiger partial charge >= 0.3 is 6.09 Å². The number of rotatable bonds is 6. The number of hydrogen-bond donors (Lipinski definition) is 1. The second kappa shape index (κ2) is 8.58. The van der Waals surface area contributed by atoms with Crippen molar-refractivity contribution in [2.45, 2.75) is 25.9 Å². The zero-order valence-corrected chi connectivity index (χ0v) is 16.4. The first kappa shape index (κ1) is 20.0.